The summed E-state index contributed by atoms with van der Waals surface area (Å²) >= 11 is 0. The van der Waals surface area contributed by atoms with Gasteiger partial charge < -0.3 is 14.7 Å². The summed E-state index contributed by atoms with van der Waals surface area (Å²) in [5.41, 5.74) is 2.63. The molecule has 2 rings (SSSR count). The number of likely N-dealkylation sites (N-methyl/N-ethyl adjacent to an activating group) is 1. The molecular formula is C23H40N2O2. The number of rotatable bonds is 6. The Morgan fingerprint density at radius 3 is 2.07 bits per heavy atom. The van der Waals surface area contributed by atoms with E-state index < -0.39 is 6.10 Å². The van der Waals surface area contributed by atoms with Crippen molar-refractivity contribution >= 4 is 0 Å². The quantitative estimate of drug-likeness (QED) is 0.822. The molecule has 1 N–H and O–H groups in total. The topological polar surface area (TPSA) is 35.9 Å². The SMILES string of the molecule is CCN1CCN(C[C@@H](O)COc2ccc(C(C)(C)C)cc2C(C)(C)C)CC1. The number of benzene rings is 1. The first-order chi connectivity index (χ1) is 12.5. The highest BCUT2D eigenvalue weighted by Crippen LogP contribution is 2.35. The Hall–Kier alpha value is -1.10. The van der Waals surface area contributed by atoms with Crippen LogP contribution in [-0.2, 0) is 10.8 Å². The predicted octanol–water partition coefficient (Wildman–Crippen LogP) is 3.66. The Bertz CT molecular complexity index is 593. The van der Waals surface area contributed by atoms with Gasteiger partial charge >= 0.3 is 0 Å². The smallest absolute Gasteiger partial charge is 0.123 e. The van der Waals surface area contributed by atoms with E-state index in [-0.39, 0.29) is 10.8 Å². The van der Waals surface area contributed by atoms with E-state index in [1.807, 2.05) is 0 Å². The molecule has 4 nitrogen and oxygen atoms in total. The van der Waals surface area contributed by atoms with Crippen molar-refractivity contribution < 1.29 is 9.84 Å². The Morgan fingerprint density at radius 1 is 0.963 bits per heavy atom. The summed E-state index contributed by atoms with van der Waals surface area (Å²) in [5, 5.41) is 10.5. The summed E-state index contributed by atoms with van der Waals surface area (Å²) < 4.78 is 6.09. The number of aliphatic hydroxyl groups excluding tert-OH is 1. The van der Waals surface area contributed by atoms with E-state index in [1.54, 1.807) is 0 Å². The summed E-state index contributed by atoms with van der Waals surface area (Å²) in [6, 6.07) is 6.50. The molecule has 1 heterocycles. The fraction of sp³-hybridized carbons (Fsp3) is 0.739. The molecule has 1 aliphatic heterocycles. The molecule has 4 heteroatoms. The Morgan fingerprint density at radius 2 is 1.56 bits per heavy atom. The molecule has 1 aliphatic rings. The zero-order chi connectivity index (χ0) is 20.2. The fourth-order valence-electron chi connectivity index (χ4n) is 3.53. The Labute approximate surface area is 166 Å². The van der Waals surface area contributed by atoms with Crippen LogP contribution in [0.25, 0.3) is 0 Å². The number of aliphatic hydroxyl groups is 1. The standard InChI is InChI=1S/C23H40N2O2/c1-8-24-11-13-25(14-12-24)16-19(26)17-27-21-10-9-18(22(2,3)4)15-20(21)23(5,6)7/h9-10,15,19,26H,8,11-14,16-17H2,1-7H3/t19-/m1/s1. The highest BCUT2D eigenvalue weighted by atomic mass is 16.5. The zero-order valence-electron chi connectivity index (χ0n) is 18.5. The second kappa shape index (κ2) is 8.93. The van der Waals surface area contributed by atoms with Gasteiger partial charge in [0.1, 0.15) is 18.5 Å². The van der Waals surface area contributed by atoms with Crippen LogP contribution in [0.5, 0.6) is 5.75 Å². The van der Waals surface area contributed by atoms with Crippen molar-refractivity contribution in [3.63, 3.8) is 0 Å². The van der Waals surface area contributed by atoms with Gasteiger partial charge in [0.15, 0.2) is 0 Å². The minimum absolute atomic E-state index is 0.00196. The third-order valence-corrected chi connectivity index (χ3v) is 5.47. The molecule has 1 aromatic rings. The van der Waals surface area contributed by atoms with Gasteiger partial charge in [0, 0.05) is 32.7 Å². The monoisotopic (exact) mass is 376 g/mol. The molecule has 0 unspecified atom stereocenters. The van der Waals surface area contributed by atoms with Gasteiger partial charge in [-0.25, -0.2) is 0 Å². The van der Waals surface area contributed by atoms with E-state index in [9.17, 15) is 5.11 Å². The molecule has 154 valence electrons. The summed E-state index contributed by atoms with van der Waals surface area (Å²) in [6.07, 6.45) is -0.465. The highest BCUT2D eigenvalue weighted by molar-refractivity contribution is 5.43. The molecule has 27 heavy (non-hydrogen) atoms. The van der Waals surface area contributed by atoms with E-state index in [2.05, 4.69) is 76.5 Å². The molecule has 0 spiro atoms. The van der Waals surface area contributed by atoms with Crippen LogP contribution in [0.4, 0.5) is 0 Å². The highest BCUT2D eigenvalue weighted by Gasteiger charge is 2.24. The number of piperazine rings is 1. The molecule has 1 saturated heterocycles. The van der Waals surface area contributed by atoms with Gasteiger partial charge in [-0.3, -0.25) is 4.90 Å². The van der Waals surface area contributed by atoms with Gasteiger partial charge in [-0.1, -0.05) is 60.6 Å². The second-order valence-corrected chi connectivity index (χ2v) is 9.91. The average Bonchev–Trinajstić information content (AvgIpc) is 2.59. The van der Waals surface area contributed by atoms with Crippen LogP contribution in [0.2, 0.25) is 0 Å². The molecule has 1 atom stereocenters. The van der Waals surface area contributed by atoms with Crippen LogP contribution in [0.1, 0.15) is 59.6 Å². The molecular weight excluding hydrogens is 336 g/mol. The molecule has 0 aliphatic carbocycles. The fourth-order valence-corrected chi connectivity index (χ4v) is 3.53. The minimum Gasteiger partial charge on any atom is -0.491 e. The van der Waals surface area contributed by atoms with Crippen molar-refractivity contribution in [3.8, 4) is 5.75 Å². The first kappa shape index (κ1) is 22.2. The van der Waals surface area contributed by atoms with Crippen molar-refractivity contribution in [3.05, 3.63) is 29.3 Å². The molecule has 0 aromatic heterocycles. The molecule has 0 bridgehead atoms. The maximum absolute atomic E-state index is 10.5. The van der Waals surface area contributed by atoms with Crippen LogP contribution < -0.4 is 4.74 Å². The number of ether oxygens (including phenoxy) is 1. The minimum atomic E-state index is -0.465. The molecule has 1 aromatic carbocycles. The van der Waals surface area contributed by atoms with Gasteiger partial charge in [0.2, 0.25) is 0 Å². The zero-order valence-corrected chi connectivity index (χ0v) is 18.5. The van der Waals surface area contributed by atoms with Crippen molar-refractivity contribution in [2.24, 2.45) is 0 Å². The van der Waals surface area contributed by atoms with Gasteiger partial charge in [0.25, 0.3) is 0 Å². The molecule has 0 radical (unpaired) electrons. The van der Waals surface area contributed by atoms with E-state index in [0.717, 1.165) is 38.5 Å². The Kier molecular flexibility index (Phi) is 7.34. The van der Waals surface area contributed by atoms with Crippen LogP contribution in [0, 0.1) is 0 Å². The van der Waals surface area contributed by atoms with Crippen molar-refractivity contribution in [1.29, 1.82) is 0 Å². The lowest BCUT2D eigenvalue weighted by Crippen LogP contribution is -2.49. The number of hydrogen-bond acceptors (Lipinski definition) is 4. The van der Waals surface area contributed by atoms with Gasteiger partial charge in [-0.05, 0) is 34.6 Å². The van der Waals surface area contributed by atoms with Crippen LogP contribution in [-0.4, -0.2) is 66.9 Å². The lowest BCUT2D eigenvalue weighted by Gasteiger charge is -2.35. The Balaban J connectivity index is 1.98. The third kappa shape index (κ3) is 6.48. The summed E-state index contributed by atoms with van der Waals surface area (Å²) in [5.74, 6) is 0.894. The largest absolute Gasteiger partial charge is 0.491 e. The summed E-state index contributed by atoms with van der Waals surface area (Å²) in [6.45, 7) is 21.9. The first-order valence-corrected chi connectivity index (χ1v) is 10.4. The lowest BCUT2D eigenvalue weighted by molar-refractivity contribution is 0.0466. The summed E-state index contributed by atoms with van der Waals surface area (Å²) in [7, 11) is 0. The third-order valence-electron chi connectivity index (χ3n) is 5.47. The van der Waals surface area contributed by atoms with Crippen LogP contribution in [0.15, 0.2) is 18.2 Å². The van der Waals surface area contributed by atoms with Crippen molar-refractivity contribution in [2.45, 2.75) is 65.4 Å². The van der Waals surface area contributed by atoms with Gasteiger partial charge in [-0.15, -0.1) is 0 Å². The molecule has 1 fully saturated rings. The van der Waals surface area contributed by atoms with Crippen LogP contribution in [0.3, 0.4) is 0 Å². The maximum atomic E-state index is 10.5. The van der Waals surface area contributed by atoms with E-state index in [1.165, 1.54) is 11.1 Å². The van der Waals surface area contributed by atoms with Crippen LogP contribution >= 0.6 is 0 Å². The van der Waals surface area contributed by atoms with E-state index in [4.69, 9.17) is 4.74 Å². The number of β-amino-alcohol motifs (C(OH)–C–C–N with tert-alkyl or cyclic N) is 1. The normalized spacial score (nSPS) is 18.5. The molecule has 0 saturated carbocycles. The summed E-state index contributed by atoms with van der Waals surface area (Å²) in [4.78, 5) is 4.79. The van der Waals surface area contributed by atoms with Gasteiger partial charge in [0.05, 0.1) is 0 Å². The average molecular weight is 377 g/mol. The maximum Gasteiger partial charge on any atom is 0.123 e. The number of hydrogen-bond donors (Lipinski definition) is 1. The van der Waals surface area contributed by atoms with Crippen molar-refractivity contribution in [1.82, 2.24) is 9.80 Å². The predicted molar refractivity (Wildman–Crippen MR) is 114 cm³/mol. The van der Waals surface area contributed by atoms with E-state index >= 15 is 0 Å². The lowest BCUT2D eigenvalue weighted by atomic mass is 9.80. The van der Waals surface area contributed by atoms with Crippen molar-refractivity contribution in [2.75, 3.05) is 45.9 Å². The molecule has 0 amide bonds. The van der Waals surface area contributed by atoms with Gasteiger partial charge in [-0.2, -0.15) is 0 Å². The van der Waals surface area contributed by atoms with E-state index in [0.29, 0.717) is 13.2 Å². The first-order valence-electron chi connectivity index (χ1n) is 10.4. The second-order valence-electron chi connectivity index (χ2n) is 9.91. The number of nitrogens with zero attached hydrogens (tertiary/aromatic N) is 2.